The lowest BCUT2D eigenvalue weighted by Crippen LogP contribution is -2.33. The molecule has 1 heterocycles. The molecule has 2 aromatic carbocycles. The first-order valence-corrected chi connectivity index (χ1v) is 12.4. The lowest BCUT2D eigenvalue weighted by atomic mass is 10.1. The molecular weight excluding hydrogens is 457 g/mol. The van der Waals surface area contributed by atoms with Gasteiger partial charge in [0.25, 0.3) is 15.9 Å². The maximum Gasteiger partial charge on any atom is 0.261 e. The Morgan fingerprint density at radius 2 is 1.90 bits per heavy atom. The van der Waals surface area contributed by atoms with E-state index < -0.39 is 10.0 Å². The number of hydrogen-bond acceptors (Lipinski definition) is 4. The number of aryl methyl sites for hydroxylation is 1. The van der Waals surface area contributed by atoms with Crippen LogP contribution in [0.25, 0.3) is 0 Å². The minimum atomic E-state index is -3.92. The van der Waals surface area contributed by atoms with Crippen LogP contribution in [0.15, 0.2) is 41.3 Å². The quantitative estimate of drug-likeness (QED) is 0.604. The van der Waals surface area contributed by atoms with Crippen LogP contribution in [0.2, 0.25) is 10.0 Å². The Morgan fingerprint density at radius 1 is 1.16 bits per heavy atom. The van der Waals surface area contributed by atoms with E-state index in [9.17, 15) is 13.2 Å². The van der Waals surface area contributed by atoms with Gasteiger partial charge in [0, 0.05) is 24.2 Å². The molecule has 1 saturated heterocycles. The molecule has 168 valence electrons. The summed E-state index contributed by atoms with van der Waals surface area (Å²) in [5.41, 5.74) is 1.31. The topological polar surface area (TPSA) is 78.5 Å². The number of amides is 1. The number of anilines is 1. The molecule has 31 heavy (non-hydrogen) atoms. The van der Waals surface area contributed by atoms with Crippen molar-refractivity contribution in [2.45, 2.75) is 38.1 Å². The van der Waals surface area contributed by atoms with Crippen molar-refractivity contribution in [3.05, 3.63) is 57.6 Å². The third-order valence-corrected chi connectivity index (χ3v) is 7.63. The zero-order valence-electron chi connectivity index (χ0n) is 17.8. The minimum Gasteiger partial charge on any atom is -0.352 e. The summed E-state index contributed by atoms with van der Waals surface area (Å²) in [6.45, 7) is 8.62. The highest BCUT2D eigenvalue weighted by atomic mass is 35.5. The highest BCUT2D eigenvalue weighted by Gasteiger charge is 2.25. The lowest BCUT2D eigenvalue weighted by Gasteiger charge is -2.20. The average molecular weight is 484 g/mol. The summed E-state index contributed by atoms with van der Waals surface area (Å²) in [4.78, 5) is 15.0. The number of hydrogen-bond donors (Lipinski definition) is 2. The highest BCUT2D eigenvalue weighted by molar-refractivity contribution is 7.92. The van der Waals surface area contributed by atoms with Gasteiger partial charge >= 0.3 is 0 Å². The van der Waals surface area contributed by atoms with Crippen LogP contribution in [0.4, 0.5) is 5.69 Å². The van der Waals surface area contributed by atoms with Gasteiger partial charge in [0.2, 0.25) is 0 Å². The number of likely N-dealkylation sites (tertiary alicyclic amines) is 1. The van der Waals surface area contributed by atoms with Crippen LogP contribution in [0.5, 0.6) is 0 Å². The van der Waals surface area contributed by atoms with Crippen LogP contribution in [0.1, 0.15) is 36.2 Å². The molecular formula is C22H27Cl2N3O3S. The van der Waals surface area contributed by atoms with E-state index in [0.717, 1.165) is 25.1 Å². The molecule has 1 unspecified atom stereocenters. The largest absolute Gasteiger partial charge is 0.352 e. The first-order chi connectivity index (χ1) is 14.6. The third kappa shape index (κ3) is 5.92. The molecule has 1 aliphatic heterocycles. The first kappa shape index (κ1) is 23.9. The van der Waals surface area contributed by atoms with E-state index in [2.05, 4.69) is 28.8 Å². The van der Waals surface area contributed by atoms with E-state index in [-0.39, 0.29) is 21.4 Å². The van der Waals surface area contributed by atoms with Crippen molar-refractivity contribution in [1.29, 1.82) is 0 Å². The number of nitrogens with zero attached hydrogens (tertiary/aromatic N) is 1. The molecule has 1 atom stereocenters. The number of benzene rings is 2. The zero-order valence-corrected chi connectivity index (χ0v) is 20.1. The number of carbonyl (C=O) groups is 1. The smallest absolute Gasteiger partial charge is 0.261 e. The van der Waals surface area contributed by atoms with E-state index in [1.54, 1.807) is 18.2 Å². The van der Waals surface area contributed by atoms with Gasteiger partial charge in [-0.3, -0.25) is 9.52 Å². The van der Waals surface area contributed by atoms with Gasteiger partial charge in [0.15, 0.2) is 0 Å². The highest BCUT2D eigenvalue weighted by Crippen LogP contribution is 2.25. The summed E-state index contributed by atoms with van der Waals surface area (Å²) >= 11 is 12.3. The number of nitrogens with one attached hydrogen (secondary N) is 2. The van der Waals surface area contributed by atoms with Gasteiger partial charge in [-0.2, -0.15) is 0 Å². The van der Waals surface area contributed by atoms with Crippen molar-refractivity contribution in [2.24, 2.45) is 5.92 Å². The second kappa shape index (κ2) is 9.77. The predicted octanol–water partition coefficient (Wildman–Crippen LogP) is 4.56. The Balaban J connectivity index is 1.71. The van der Waals surface area contributed by atoms with E-state index in [1.807, 2.05) is 6.92 Å². The monoisotopic (exact) mass is 483 g/mol. The Bertz CT molecular complexity index is 1070. The fourth-order valence-corrected chi connectivity index (χ4v) is 5.01. The molecule has 0 aliphatic carbocycles. The molecule has 1 amide bonds. The molecule has 1 fully saturated rings. The molecule has 0 saturated carbocycles. The Labute approximate surface area is 194 Å². The summed E-state index contributed by atoms with van der Waals surface area (Å²) in [7, 11) is -3.92. The Morgan fingerprint density at radius 3 is 2.55 bits per heavy atom. The Hall–Kier alpha value is -1.80. The molecule has 0 aromatic heterocycles. The number of rotatable bonds is 7. The van der Waals surface area contributed by atoms with Crippen LogP contribution in [-0.4, -0.2) is 44.9 Å². The summed E-state index contributed by atoms with van der Waals surface area (Å²) < 4.78 is 28.1. The van der Waals surface area contributed by atoms with Crippen molar-refractivity contribution in [1.82, 2.24) is 10.2 Å². The summed E-state index contributed by atoms with van der Waals surface area (Å²) in [5.74, 6) is -0.0200. The molecule has 0 bridgehead atoms. The molecule has 0 spiro atoms. The van der Waals surface area contributed by atoms with E-state index in [4.69, 9.17) is 23.2 Å². The maximum absolute atomic E-state index is 12.8. The molecule has 2 N–H and O–H groups in total. The van der Waals surface area contributed by atoms with Gasteiger partial charge in [-0.15, -0.1) is 0 Å². The fraction of sp³-hybridized carbons (Fsp3) is 0.409. The van der Waals surface area contributed by atoms with Crippen LogP contribution >= 0.6 is 23.2 Å². The molecule has 2 aromatic rings. The normalized spacial score (nSPS) is 17.2. The second-order valence-corrected chi connectivity index (χ2v) is 10.7. The Kier molecular flexibility index (Phi) is 7.52. The molecule has 6 nitrogen and oxygen atoms in total. The maximum atomic E-state index is 12.8. The molecule has 3 rings (SSSR count). The molecule has 1 aliphatic rings. The van der Waals surface area contributed by atoms with Crippen LogP contribution in [-0.2, 0) is 10.0 Å². The standard InChI is InChI=1S/C22H27Cl2N3O3S/c1-14(2)27-9-8-16(13-27)12-25-22(28)19-11-18(6-7-20(19)23)31(29,30)26-17-5-4-15(3)21(24)10-17/h4-7,10-11,14,16,26H,8-9,12-13H2,1-3H3,(H,25,28). The summed E-state index contributed by atoms with van der Waals surface area (Å²) in [5, 5.41) is 3.56. The van der Waals surface area contributed by atoms with E-state index in [0.29, 0.717) is 29.2 Å². The summed E-state index contributed by atoms with van der Waals surface area (Å²) in [6.07, 6.45) is 1.02. The first-order valence-electron chi connectivity index (χ1n) is 10.2. The van der Waals surface area contributed by atoms with Gasteiger partial charge in [-0.05, 0) is 75.5 Å². The predicted molar refractivity (Wildman–Crippen MR) is 126 cm³/mol. The van der Waals surface area contributed by atoms with Gasteiger partial charge < -0.3 is 10.2 Å². The zero-order chi connectivity index (χ0) is 22.8. The lowest BCUT2D eigenvalue weighted by molar-refractivity contribution is 0.0947. The van der Waals surface area contributed by atoms with Gasteiger partial charge in [0.05, 0.1) is 21.2 Å². The van der Waals surface area contributed by atoms with Crippen molar-refractivity contribution in [3.63, 3.8) is 0 Å². The number of sulfonamides is 1. The van der Waals surface area contributed by atoms with Crippen LogP contribution in [0, 0.1) is 12.8 Å². The third-order valence-electron chi connectivity index (χ3n) is 5.52. The minimum absolute atomic E-state index is 0.0504. The fourth-order valence-electron chi connectivity index (χ4n) is 3.55. The number of halogens is 2. The van der Waals surface area contributed by atoms with Crippen molar-refractivity contribution in [3.8, 4) is 0 Å². The van der Waals surface area contributed by atoms with Gasteiger partial charge in [-0.25, -0.2) is 8.42 Å². The second-order valence-electron chi connectivity index (χ2n) is 8.16. The summed E-state index contributed by atoms with van der Waals surface area (Å²) in [6, 6.07) is 9.46. The van der Waals surface area contributed by atoms with Gasteiger partial charge in [-0.1, -0.05) is 29.3 Å². The van der Waals surface area contributed by atoms with Crippen LogP contribution in [0.3, 0.4) is 0 Å². The van der Waals surface area contributed by atoms with Crippen molar-refractivity contribution >= 4 is 44.8 Å². The van der Waals surface area contributed by atoms with E-state index in [1.165, 1.54) is 18.2 Å². The van der Waals surface area contributed by atoms with Crippen molar-refractivity contribution < 1.29 is 13.2 Å². The SMILES string of the molecule is Cc1ccc(NS(=O)(=O)c2ccc(Cl)c(C(=O)NCC3CCN(C(C)C)C3)c2)cc1Cl. The molecule has 9 heteroatoms. The average Bonchev–Trinajstić information content (AvgIpc) is 3.18. The molecule has 0 radical (unpaired) electrons. The van der Waals surface area contributed by atoms with Crippen molar-refractivity contribution in [2.75, 3.05) is 24.4 Å². The number of carbonyl (C=O) groups excluding carboxylic acids is 1. The van der Waals surface area contributed by atoms with Gasteiger partial charge in [0.1, 0.15) is 0 Å². The van der Waals surface area contributed by atoms with Crippen LogP contribution < -0.4 is 10.0 Å². The van der Waals surface area contributed by atoms with E-state index >= 15 is 0 Å².